The molecule has 3 rings (SSSR count). The Hall–Kier alpha value is -2.56. The SMILES string of the molecule is COc1ccccc1Nc1ncccc1C(=O)N1CCCC1. The van der Waals surface area contributed by atoms with Crippen molar-refractivity contribution in [2.45, 2.75) is 12.8 Å². The van der Waals surface area contributed by atoms with Crippen LogP contribution in [-0.4, -0.2) is 36.0 Å². The topological polar surface area (TPSA) is 54.5 Å². The predicted molar refractivity (Wildman–Crippen MR) is 85.7 cm³/mol. The Morgan fingerprint density at radius 1 is 1.18 bits per heavy atom. The molecule has 0 saturated carbocycles. The molecule has 2 heterocycles. The van der Waals surface area contributed by atoms with E-state index >= 15 is 0 Å². The lowest BCUT2D eigenvalue weighted by molar-refractivity contribution is 0.0793. The van der Waals surface area contributed by atoms with Gasteiger partial charge in [-0.2, -0.15) is 0 Å². The van der Waals surface area contributed by atoms with Crippen LogP contribution in [0.3, 0.4) is 0 Å². The molecule has 0 atom stereocenters. The van der Waals surface area contributed by atoms with Crippen molar-refractivity contribution >= 4 is 17.4 Å². The summed E-state index contributed by atoms with van der Waals surface area (Å²) in [5.74, 6) is 1.31. The minimum Gasteiger partial charge on any atom is -0.495 e. The summed E-state index contributed by atoms with van der Waals surface area (Å²) in [5.41, 5.74) is 1.38. The van der Waals surface area contributed by atoms with E-state index in [4.69, 9.17) is 4.74 Å². The first-order valence-electron chi connectivity index (χ1n) is 7.44. The van der Waals surface area contributed by atoms with E-state index in [-0.39, 0.29) is 5.91 Å². The first-order valence-corrected chi connectivity index (χ1v) is 7.44. The Morgan fingerprint density at radius 3 is 2.73 bits per heavy atom. The number of carbonyl (C=O) groups excluding carboxylic acids is 1. The molecule has 114 valence electrons. The predicted octanol–water partition coefficient (Wildman–Crippen LogP) is 3.07. The van der Waals surface area contributed by atoms with E-state index < -0.39 is 0 Å². The fraction of sp³-hybridized carbons (Fsp3) is 0.294. The van der Waals surface area contributed by atoms with Crippen LogP contribution in [0.5, 0.6) is 5.75 Å². The molecule has 1 fully saturated rings. The van der Waals surface area contributed by atoms with E-state index in [9.17, 15) is 4.79 Å². The van der Waals surface area contributed by atoms with Gasteiger partial charge >= 0.3 is 0 Å². The van der Waals surface area contributed by atoms with E-state index in [0.29, 0.717) is 17.1 Å². The average molecular weight is 297 g/mol. The van der Waals surface area contributed by atoms with E-state index in [1.165, 1.54) is 0 Å². The number of rotatable bonds is 4. The van der Waals surface area contributed by atoms with Gasteiger partial charge in [-0.3, -0.25) is 4.79 Å². The number of nitrogens with zero attached hydrogens (tertiary/aromatic N) is 2. The molecule has 0 bridgehead atoms. The summed E-state index contributed by atoms with van der Waals surface area (Å²) >= 11 is 0. The molecule has 0 spiro atoms. The lowest BCUT2D eigenvalue weighted by atomic mass is 10.2. The van der Waals surface area contributed by atoms with E-state index in [1.807, 2.05) is 35.2 Å². The summed E-state index contributed by atoms with van der Waals surface area (Å²) in [6.07, 6.45) is 3.82. The standard InChI is InChI=1S/C17H19N3O2/c1-22-15-9-3-2-8-14(15)19-16-13(7-6-10-18-16)17(21)20-11-4-5-12-20/h2-3,6-10H,4-5,11-12H2,1H3,(H,18,19). The summed E-state index contributed by atoms with van der Waals surface area (Å²) in [5, 5.41) is 3.21. The number of benzene rings is 1. The number of hydrogen-bond acceptors (Lipinski definition) is 4. The van der Waals surface area contributed by atoms with Crippen molar-refractivity contribution in [2.75, 3.05) is 25.5 Å². The third-order valence-corrected chi connectivity index (χ3v) is 3.79. The molecule has 1 saturated heterocycles. The third-order valence-electron chi connectivity index (χ3n) is 3.79. The van der Waals surface area contributed by atoms with Crippen molar-refractivity contribution in [3.8, 4) is 5.75 Å². The highest BCUT2D eigenvalue weighted by Crippen LogP contribution is 2.28. The van der Waals surface area contributed by atoms with Gasteiger partial charge in [0, 0.05) is 19.3 Å². The lowest BCUT2D eigenvalue weighted by Gasteiger charge is -2.18. The van der Waals surface area contributed by atoms with Crippen molar-refractivity contribution in [2.24, 2.45) is 0 Å². The van der Waals surface area contributed by atoms with Crippen molar-refractivity contribution in [1.29, 1.82) is 0 Å². The van der Waals surface area contributed by atoms with Crippen LogP contribution in [0.1, 0.15) is 23.2 Å². The fourth-order valence-electron chi connectivity index (χ4n) is 2.64. The molecule has 0 radical (unpaired) electrons. The maximum atomic E-state index is 12.6. The maximum absolute atomic E-state index is 12.6. The number of methoxy groups -OCH3 is 1. The van der Waals surface area contributed by atoms with Crippen LogP contribution in [0.4, 0.5) is 11.5 Å². The molecule has 22 heavy (non-hydrogen) atoms. The van der Waals surface area contributed by atoms with Gasteiger partial charge in [-0.25, -0.2) is 4.98 Å². The number of anilines is 2. The van der Waals surface area contributed by atoms with E-state index in [1.54, 1.807) is 19.4 Å². The Morgan fingerprint density at radius 2 is 1.95 bits per heavy atom. The van der Waals surface area contributed by atoms with Crippen molar-refractivity contribution in [3.63, 3.8) is 0 Å². The minimum atomic E-state index is 0.0306. The summed E-state index contributed by atoms with van der Waals surface area (Å²) < 4.78 is 5.33. The van der Waals surface area contributed by atoms with Gasteiger partial charge < -0.3 is 15.0 Å². The first-order chi connectivity index (χ1) is 10.8. The highest BCUT2D eigenvalue weighted by Gasteiger charge is 2.22. The van der Waals surface area contributed by atoms with Gasteiger partial charge in [-0.05, 0) is 37.1 Å². The second-order valence-electron chi connectivity index (χ2n) is 5.22. The van der Waals surface area contributed by atoms with Crippen molar-refractivity contribution in [3.05, 3.63) is 48.2 Å². The van der Waals surface area contributed by atoms with Crippen LogP contribution in [-0.2, 0) is 0 Å². The van der Waals surface area contributed by atoms with Crippen LogP contribution in [0, 0.1) is 0 Å². The Balaban J connectivity index is 1.89. The smallest absolute Gasteiger partial charge is 0.257 e. The van der Waals surface area contributed by atoms with Gasteiger partial charge in [0.05, 0.1) is 18.4 Å². The van der Waals surface area contributed by atoms with Gasteiger partial charge in [-0.1, -0.05) is 12.1 Å². The number of nitrogens with one attached hydrogen (secondary N) is 1. The van der Waals surface area contributed by atoms with Gasteiger partial charge in [-0.15, -0.1) is 0 Å². The van der Waals surface area contributed by atoms with Crippen LogP contribution < -0.4 is 10.1 Å². The normalized spacial score (nSPS) is 14.0. The fourth-order valence-corrected chi connectivity index (χ4v) is 2.64. The summed E-state index contributed by atoms with van der Waals surface area (Å²) in [4.78, 5) is 18.8. The number of amides is 1. The molecule has 1 amide bonds. The van der Waals surface area contributed by atoms with Crippen molar-refractivity contribution in [1.82, 2.24) is 9.88 Å². The van der Waals surface area contributed by atoms with Gasteiger partial charge in [0.2, 0.25) is 0 Å². The summed E-state index contributed by atoms with van der Waals surface area (Å²) in [7, 11) is 1.62. The molecular formula is C17H19N3O2. The summed E-state index contributed by atoms with van der Waals surface area (Å²) in [6.45, 7) is 1.64. The zero-order valence-electron chi connectivity index (χ0n) is 12.6. The van der Waals surface area contributed by atoms with Gasteiger partial charge in [0.25, 0.3) is 5.91 Å². The molecule has 2 aromatic rings. The number of aromatic nitrogens is 1. The number of pyridine rings is 1. The van der Waals surface area contributed by atoms with Gasteiger partial charge in [0.1, 0.15) is 11.6 Å². The van der Waals surface area contributed by atoms with E-state index in [2.05, 4.69) is 10.3 Å². The van der Waals surface area contributed by atoms with E-state index in [0.717, 1.165) is 31.6 Å². The number of carbonyl (C=O) groups is 1. The quantitative estimate of drug-likeness (QED) is 0.942. The molecule has 1 aliphatic heterocycles. The molecule has 0 aliphatic carbocycles. The molecule has 1 aromatic heterocycles. The van der Waals surface area contributed by atoms with Crippen LogP contribution in [0.25, 0.3) is 0 Å². The number of hydrogen-bond donors (Lipinski definition) is 1. The minimum absolute atomic E-state index is 0.0306. The number of likely N-dealkylation sites (tertiary alicyclic amines) is 1. The molecule has 1 N–H and O–H groups in total. The highest BCUT2D eigenvalue weighted by atomic mass is 16.5. The lowest BCUT2D eigenvalue weighted by Crippen LogP contribution is -2.28. The second kappa shape index (κ2) is 6.47. The largest absolute Gasteiger partial charge is 0.495 e. The zero-order chi connectivity index (χ0) is 15.4. The molecule has 5 heteroatoms. The Labute approximate surface area is 129 Å². The Bertz CT molecular complexity index is 666. The van der Waals surface area contributed by atoms with Gasteiger partial charge in [0.15, 0.2) is 0 Å². The molecule has 1 aliphatic rings. The molecule has 0 unspecified atom stereocenters. The maximum Gasteiger partial charge on any atom is 0.257 e. The van der Waals surface area contributed by atoms with Crippen LogP contribution in [0.2, 0.25) is 0 Å². The monoisotopic (exact) mass is 297 g/mol. The summed E-state index contributed by atoms with van der Waals surface area (Å²) in [6, 6.07) is 11.2. The highest BCUT2D eigenvalue weighted by molar-refractivity contribution is 5.99. The molecule has 1 aromatic carbocycles. The van der Waals surface area contributed by atoms with Crippen LogP contribution in [0.15, 0.2) is 42.6 Å². The third kappa shape index (κ3) is 2.88. The average Bonchev–Trinajstić information content (AvgIpc) is 3.10. The second-order valence-corrected chi connectivity index (χ2v) is 5.22. The van der Waals surface area contributed by atoms with Crippen LogP contribution >= 0.6 is 0 Å². The number of para-hydroxylation sites is 2. The first kappa shape index (κ1) is 14.4. The van der Waals surface area contributed by atoms with Crippen molar-refractivity contribution < 1.29 is 9.53 Å². The molecular weight excluding hydrogens is 278 g/mol. The molecule has 5 nitrogen and oxygen atoms in total. The Kier molecular flexibility index (Phi) is 4.23. The zero-order valence-corrected chi connectivity index (χ0v) is 12.6. The number of ether oxygens (including phenoxy) is 1.